The molecule has 0 fully saturated rings. The van der Waals surface area contributed by atoms with Crippen molar-refractivity contribution >= 4 is 46.2 Å². The lowest BCUT2D eigenvalue weighted by Gasteiger charge is -2.05. The summed E-state index contributed by atoms with van der Waals surface area (Å²) < 4.78 is 5.99. The van der Waals surface area contributed by atoms with Gasteiger partial charge in [-0.1, -0.05) is 18.2 Å². The maximum atomic E-state index is 12.2. The first kappa shape index (κ1) is 18.5. The monoisotopic (exact) mass is 448 g/mol. The van der Waals surface area contributed by atoms with Crippen LogP contribution >= 0.6 is 22.6 Å². The van der Waals surface area contributed by atoms with E-state index in [9.17, 15) is 14.9 Å². The van der Waals surface area contributed by atoms with Crippen molar-refractivity contribution in [3.8, 4) is 11.8 Å². The number of halogens is 1. The second kappa shape index (κ2) is 8.84. The van der Waals surface area contributed by atoms with E-state index in [4.69, 9.17) is 9.84 Å². The lowest BCUT2D eigenvalue weighted by Crippen LogP contribution is -2.13. The van der Waals surface area contributed by atoms with Gasteiger partial charge in [-0.15, -0.1) is 0 Å². The molecule has 2 aromatic carbocycles. The number of carboxylic acids is 1. The van der Waals surface area contributed by atoms with Gasteiger partial charge in [-0.05, 0) is 64.6 Å². The molecule has 25 heavy (non-hydrogen) atoms. The van der Waals surface area contributed by atoms with E-state index in [1.54, 1.807) is 36.4 Å². The van der Waals surface area contributed by atoms with Crippen molar-refractivity contribution in [2.75, 3.05) is 11.9 Å². The standard InChI is InChI=1S/C18H13IN2O4/c19-14-2-1-3-15(9-14)21-18(24)13(10-20)8-12-4-6-16(7-5-12)25-11-17(22)23/h1-9H,11H2,(H,21,24)(H,22,23)/b13-8+. The highest BCUT2D eigenvalue weighted by atomic mass is 127. The van der Waals surface area contributed by atoms with Gasteiger partial charge in [0, 0.05) is 9.26 Å². The first-order valence-corrected chi connectivity index (χ1v) is 8.19. The van der Waals surface area contributed by atoms with Crippen molar-refractivity contribution < 1.29 is 19.4 Å². The van der Waals surface area contributed by atoms with E-state index in [1.165, 1.54) is 6.08 Å². The third-order valence-electron chi connectivity index (χ3n) is 3.00. The van der Waals surface area contributed by atoms with Crippen LogP contribution in [-0.2, 0) is 9.59 Å². The summed E-state index contributed by atoms with van der Waals surface area (Å²) in [6.45, 7) is -0.434. The number of carbonyl (C=O) groups is 2. The minimum absolute atomic E-state index is 0.0435. The number of rotatable bonds is 6. The number of amides is 1. The smallest absolute Gasteiger partial charge is 0.341 e. The molecule has 0 atom stereocenters. The van der Waals surface area contributed by atoms with E-state index >= 15 is 0 Å². The number of carbonyl (C=O) groups excluding carboxylic acids is 1. The third kappa shape index (κ3) is 5.93. The van der Waals surface area contributed by atoms with Gasteiger partial charge in [0.25, 0.3) is 5.91 Å². The molecular formula is C18H13IN2O4. The number of nitriles is 1. The molecule has 6 nitrogen and oxygen atoms in total. The Morgan fingerprint density at radius 3 is 2.56 bits per heavy atom. The van der Waals surface area contributed by atoms with Crippen molar-refractivity contribution in [3.05, 3.63) is 63.2 Å². The maximum absolute atomic E-state index is 12.2. The number of hydrogen-bond donors (Lipinski definition) is 2. The number of nitrogens with one attached hydrogen (secondary N) is 1. The molecule has 0 saturated heterocycles. The van der Waals surface area contributed by atoms with Crippen molar-refractivity contribution in [1.29, 1.82) is 5.26 Å². The van der Waals surface area contributed by atoms with Gasteiger partial charge in [-0.2, -0.15) is 5.26 Å². The summed E-state index contributed by atoms with van der Waals surface area (Å²) in [6, 6.07) is 15.5. The van der Waals surface area contributed by atoms with Gasteiger partial charge in [0.05, 0.1) is 0 Å². The van der Waals surface area contributed by atoms with Crippen LogP contribution in [0.2, 0.25) is 0 Å². The topological polar surface area (TPSA) is 99.4 Å². The molecule has 0 unspecified atom stereocenters. The molecule has 2 aromatic rings. The predicted octanol–water partition coefficient (Wildman–Crippen LogP) is 3.30. The minimum Gasteiger partial charge on any atom is -0.482 e. The SMILES string of the molecule is N#C/C(=C\c1ccc(OCC(=O)O)cc1)C(=O)Nc1cccc(I)c1. The minimum atomic E-state index is -1.07. The molecule has 1 amide bonds. The number of anilines is 1. The van der Waals surface area contributed by atoms with Crippen LogP contribution in [0.5, 0.6) is 5.75 Å². The fourth-order valence-electron chi connectivity index (χ4n) is 1.89. The van der Waals surface area contributed by atoms with Crippen molar-refractivity contribution in [2.24, 2.45) is 0 Å². The summed E-state index contributed by atoms with van der Waals surface area (Å²) in [5, 5.41) is 20.5. The van der Waals surface area contributed by atoms with Crippen molar-refractivity contribution in [2.45, 2.75) is 0 Å². The molecule has 0 bridgehead atoms. The number of nitrogens with zero attached hydrogens (tertiary/aromatic N) is 1. The van der Waals surface area contributed by atoms with E-state index in [1.807, 2.05) is 18.2 Å². The molecule has 2 N–H and O–H groups in total. The first-order chi connectivity index (χ1) is 12.0. The third-order valence-corrected chi connectivity index (χ3v) is 3.67. The Morgan fingerprint density at radius 1 is 1.24 bits per heavy atom. The Bertz CT molecular complexity index is 854. The van der Waals surface area contributed by atoms with Gasteiger partial charge < -0.3 is 15.2 Å². The van der Waals surface area contributed by atoms with Gasteiger partial charge >= 0.3 is 5.97 Å². The van der Waals surface area contributed by atoms with Gasteiger partial charge in [0.2, 0.25) is 0 Å². The van der Waals surface area contributed by atoms with E-state index in [0.717, 1.165) is 3.57 Å². The average Bonchev–Trinajstić information content (AvgIpc) is 2.58. The maximum Gasteiger partial charge on any atom is 0.341 e. The number of aliphatic carboxylic acids is 1. The van der Waals surface area contributed by atoms with Gasteiger partial charge in [0.15, 0.2) is 6.61 Å². The second-order valence-electron chi connectivity index (χ2n) is 4.89. The van der Waals surface area contributed by atoms with Crippen LogP contribution in [0.3, 0.4) is 0 Å². The molecule has 0 aliphatic carbocycles. The lowest BCUT2D eigenvalue weighted by molar-refractivity contribution is -0.139. The van der Waals surface area contributed by atoms with Crippen LogP contribution in [0.4, 0.5) is 5.69 Å². The highest BCUT2D eigenvalue weighted by Gasteiger charge is 2.10. The summed E-state index contributed by atoms with van der Waals surface area (Å²) >= 11 is 2.13. The number of ether oxygens (including phenoxy) is 1. The van der Waals surface area contributed by atoms with Crippen LogP contribution in [-0.4, -0.2) is 23.6 Å². The zero-order valence-electron chi connectivity index (χ0n) is 12.9. The summed E-state index contributed by atoms with van der Waals surface area (Å²) in [6.07, 6.45) is 1.45. The molecular weight excluding hydrogens is 435 g/mol. The summed E-state index contributed by atoms with van der Waals surface area (Å²) in [5.41, 5.74) is 1.19. The summed E-state index contributed by atoms with van der Waals surface area (Å²) in [4.78, 5) is 22.7. The van der Waals surface area contributed by atoms with Crippen LogP contribution in [0.25, 0.3) is 6.08 Å². The van der Waals surface area contributed by atoms with E-state index < -0.39 is 18.5 Å². The van der Waals surface area contributed by atoms with Crippen LogP contribution in [0.1, 0.15) is 5.56 Å². The van der Waals surface area contributed by atoms with Crippen LogP contribution in [0.15, 0.2) is 54.1 Å². The zero-order valence-corrected chi connectivity index (χ0v) is 15.1. The molecule has 0 radical (unpaired) electrons. The van der Waals surface area contributed by atoms with Crippen LogP contribution in [0, 0.1) is 14.9 Å². The number of benzene rings is 2. The Hall–Kier alpha value is -2.86. The molecule has 0 spiro atoms. The van der Waals surface area contributed by atoms with Gasteiger partial charge in [-0.25, -0.2) is 4.79 Å². The summed E-state index contributed by atoms with van der Waals surface area (Å²) in [5.74, 6) is -1.18. The van der Waals surface area contributed by atoms with Gasteiger partial charge in [-0.3, -0.25) is 4.79 Å². The Labute approximate surface area is 157 Å². The Morgan fingerprint density at radius 2 is 1.96 bits per heavy atom. The second-order valence-corrected chi connectivity index (χ2v) is 6.13. The quantitative estimate of drug-likeness (QED) is 0.402. The van der Waals surface area contributed by atoms with Crippen LogP contribution < -0.4 is 10.1 Å². The lowest BCUT2D eigenvalue weighted by atomic mass is 10.1. The molecule has 0 aliphatic heterocycles. The summed E-state index contributed by atoms with van der Waals surface area (Å²) in [7, 11) is 0. The van der Waals surface area contributed by atoms with E-state index in [2.05, 4.69) is 27.9 Å². The van der Waals surface area contributed by atoms with Crippen molar-refractivity contribution in [1.82, 2.24) is 0 Å². The number of hydrogen-bond acceptors (Lipinski definition) is 4. The molecule has 126 valence electrons. The predicted molar refractivity (Wildman–Crippen MR) is 101 cm³/mol. The zero-order chi connectivity index (χ0) is 18.2. The van der Waals surface area contributed by atoms with Crippen molar-refractivity contribution in [3.63, 3.8) is 0 Å². The Kier molecular flexibility index (Phi) is 6.54. The fraction of sp³-hybridized carbons (Fsp3) is 0.0556. The normalized spacial score (nSPS) is 10.6. The molecule has 0 aliphatic rings. The highest BCUT2D eigenvalue weighted by Crippen LogP contribution is 2.16. The van der Waals surface area contributed by atoms with E-state index in [-0.39, 0.29) is 5.57 Å². The molecule has 0 saturated carbocycles. The highest BCUT2D eigenvalue weighted by molar-refractivity contribution is 14.1. The molecule has 0 heterocycles. The fourth-order valence-corrected chi connectivity index (χ4v) is 2.43. The molecule has 0 aromatic heterocycles. The van der Waals surface area contributed by atoms with Gasteiger partial charge in [0.1, 0.15) is 17.4 Å². The number of carboxylic acid groups (broad SMARTS) is 1. The molecule has 7 heteroatoms. The molecule has 2 rings (SSSR count). The first-order valence-electron chi connectivity index (χ1n) is 7.11. The average molecular weight is 448 g/mol. The Balaban J connectivity index is 2.09. The largest absolute Gasteiger partial charge is 0.482 e. The van der Waals surface area contributed by atoms with E-state index in [0.29, 0.717) is 17.0 Å².